The maximum Gasteiger partial charge on any atom is 0.303 e. The summed E-state index contributed by atoms with van der Waals surface area (Å²) in [5.74, 6) is -0.568. The van der Waals surface area contributed by atoms with Crippen molar-refractivity contribution in [3.63, 3.8) is 0 Å². The number of ether oxygens (including phenoxy) is 3. The molecule has 1 aromatic carbocycles. The molecule has 8 heteroatoms. The van der Waals surface area contributed by atoms with E-state index in [1.54, 1.807) is 24.3 Å². The molecule has 0 unspecified atom stereocenters. The maximum atomic E-state index is 11.3. The highest BCUT2D eigenvalue weighted by Gasteiger charge is 2.04. The van der Waals surface area contributed by atoms with E-state index in [9.17, 15) is 14.4 Å². The Bertz CT molecular complexity index is 545. The Morgan fingerprint density at radius 1 is 0.962 bits per heavy atom. The van der Waals surface area contributed by atoms with Gasteiger partial charge in [0.1, 0.15) is 18.6 Å². The fourth-order valence-electron chi connectivity index (χ4n) is 1.89. The molecule has 0 fully saturated rings. The summed E-state index contributed by atoms with van der Waals surface area (Å²) in [6, 6.07) is 6.83. The zero-order valence-corrected chi connectivity index (χ0v) is 14.6. The molecule has 0 bridgehead atoms. The van der Waals surface area contributed by atoms with Crippen LogP contribution in [0.25, 0.3) is 0 Å². The molecule has 1 amide bonds. The quantitative estimate of drug-likeness (QED) is 0.355. The Kier molecular flexibility index (Phi) is 11.5. The van der Waals surface area contributed by atoms with Crippen LogP contribution in [-0.2, 0) is 19.1 Å². The molecule has 144 valence electrons. The van der Waals surface area contributed by atoms with Gasteiger partial charge in [-0.15, -0.1) is 0 Å². The topological polar surface area (TPSA) is 111 Å². The second-order valence-electron chi connectivity index (χ2n) is 5.36. The summed E-state index contributed by atoms with van der Waals surface area (Å²) in [5, 5.41) is 11.1. The van der Waals surface area contributed by atoms with Gasteiger partial charge in [-0.05, 0) is 30.7 Å². The molecule has 1 rings (SSSR count). The van der Waals surface area contributed by atoms with Gasteiger partial charge in [-0.1, -0.05) is 0 Å². The normalized spacial score (nSPS) is 10.3. The smallest absolute Gasteiger partial charge is 0.303 e. The van der Waals surface area contributed by atoms with E-state index in [0.717, 1.165) is 6.29 Å². The Hall–Kier alpha value is -2.45. The van der Waals surface area contributed by atoms with Crippen LogP contribution >= 0.6 is 0 Å². The molecule has 0 aliphatic heterocycles. The largest absolute Gasteiger partial charge is 0.491 e. The first-order valence-electron chi connectivity index (χ1n) is 8.44. The van der Waals surface area contributed by atoms with Crippen molar-refractivity contribution in [2.75, 3.05) is 39.6 Å². The Balaban J connectivity index is 1.86. The van der Waals surface area contributed by atoms with Crippen molar-refractivity contribution in [2.24, 2.45) is 0 Å². The number of benzene rings is 1. The molecular formula is C18H25NO7. The molecule has 8 nitrogen and oxygen atoms in total. The van der Waals surface area contributed by atoms with Crippen LogP contribution in [0.1, 0.15) is 29.6 Å². The van der Waals surface area contributed by atoms with E-state index in [1.165, 1.54) is 0 Å². The molecule has 2 N–H and O–H groups in total. The third kappa shape index (κ3) is 11.2. The molecule has 0 atom stereocenters. The number of carboxylic acids is 1. The van der Waals surface area contributed by atoms with Crippen molar-refractivity contribution in [3.8, 4) is 5.75 Å². The number of aldehydes is 1. The highest BCUT2D eigenvalue weighted by Crippen LogP contribution is 2.10. The highest BCUT2D eigenvalue weighted by atomic mass is 16.5. The van der Waals surface area contributed by atoms with Crippen molar-refractivity contribution in [3.05, 3.63) is 29.8 Å². The van der Waals surface area contributed by atoms with Crippen LogP contribution in [0.3, 0.4) is 0 Å². The van der Waals surface area contributed by atoms with Crippen molar-refractivity contribution < 1.29 is 33.7 Å². The average Bonchev–Trinajstić information content (AvgIpc) is 2.64. The van der Waals surface area contributed by atoms with Crippen molar-refractivity contribution in [1.29, 1.82) is 0 Å². The fraction of sp³-hybridized carbons (Fsp3) is 0.500. The Labute approximate surface area is 152 Å². The van der Waals surface area contributed by atoms with Gasteiger partial charge < -0.3 is 24.6 Å². The number of amides is 1. The number of hydrogen-bond donors (Lipinski definition) is 2. The maximum absolute atomic E-state index is 11.3. The minimum Gasteiger partial charge on any atom is -0.491 e. The first-order chi connectivity index (χ1) is 12.6. The third-order valence-corrected chi connectivity index (χ3v) is 3.24. The lowest BCUT2D eigenvalue weighted by Gasteiger charge is -2.08. The van der Waals surface area contributed by atoms with Crippen LogP contribution in [0, 0.1) is 0 Å². The van der Waals surface area contributed by atoms with Crippen LogP contribution in [0.4, 0.5) is 0 Å². The first kappa shape index (κ1) is 21.6. The number of hydrogen-bond acceptors (Lipinski definition) is 6. The van der Waals surface area contributed by atoms with Gasteiger partial charge in [-0.3, -0.25) is 14.4 Å². The molecule has 0 aromatic heterocycles. The monoisotopic (exact) mass is 367 g/mol. The summed E-state index contributed by atoms with van der Waals surface area (Å²) in [7, 11) is 0. The second kappa shape index (κ2) is 13.8. The molecule has 26 heavy (non-hydrogen) atoms. The molecule has 0 radical (unpaired) electrons. The lowest BCUT2D eigenvalue weighted by Crippen LogP contribution is -2.25. The van der Waals surface area contributed by atoms with E-state index in [2.05, 4.69) is 5.32 Å². The van der Waals surface area contributed by atoms with Crippen LogP contribution in [-0.4, -0.2) is 62.8 Å². The molecule has 0 aliphatic carbocycles. The zero-order chi connectivity index (χ0) is 19.0. The number of rotatable bonds is 15. The van der Waals surface area contributed by atoms with E-state index in [4.69, 9.17) is 19.3 Å². The minimum atomic E-state index is -0.982. The van der Waals surface area contributed by atoms with E-state index >= 15 is 0 Å². The SMILES string of the molecule is O=Cc1ccc(OCCOCCOCCCNC(=O)CCC(=O)O)cc1. The minimum absolute atomic E-state index is 0.00661. The molecule has 0 saturated carbocycles. The van der Waals surface area contributed by atoms with Gasteiger partial charge in [0, 0.05) is 25.1 Å². The van der Waals surface area contributed by atoms with E-state index in [1.807, 2.05) is 0 Å². The second-order valence-corrected chi connectivity index (χ2v) is 5.36. The zero-order valence-electron chi connectivity index (χ0n) is 14.6. The van der Waals surface area contributed by atoms with Crippen molar-refractivity contribution in [1.82, 2.24) is 5.32 Å². The predicted octanol–water partition coefficient (Wildman–Crippen LogP) is 1.28. The number of carbonyl (C=O) groups excluding carboxylic acids is 2. The van der Waals surface area contributed by atoms with Crippen LogP contribution in [0.15, 0.2) is 24.3 Å². The number of aliphatic carboxylic acids is 1. The lowest BCUT2D eigenvalue weighted by molar-refractivity contribution is -0.138. The summed E-state index contributed by atoms with van der Waals surface area (Å²) >= 11 is 0. The fourth-order valence-corrected chi connectivity index (χ4v) is 1.89. The summed E-state index contributed by atoms with van der Waals surface area (Å²) in [6.45, 7) is 2.67. The van der Waals surface area contributed by atoms with Gasteiger partial charge >= 0.3 is 5.97 Å². The molecule has 0 spiro atoms. The van der Waals surface area contributed by atoms with Crippen molar-refractivity contribution >= 4 is 18.2 Å². The van der Waals surface area contributed by atoms with Gasteiger partial charge in [0.15, 0.2) is 0 Å². The van der Waals surface area contributed by atoms with Gasteiger partial charge in [-0.2, -0.15) is 0 Å². The molecule has 0 saturated heterocycles. The van der Waals surface area contributed by atoms with Crippen LogP contribution < -0.4 is 10.1 Å². The van der Waals surface area contributed by atoms with Crippen LogP contribution in [0.2, 0.25) is 0 Å². The van der Waals surface area contributed by atoms with Gasteiger partial charge in [0.05, 0.1) is 26.2 Å². The molecule has 1 aromatic rings. The third-order valence-electron chi connectivity index (χ3n) is 3.24. The predicted molar refractivity (Wildman–Crippen MR) is 93.5 cm³/mol. The summed E-state index contributed by atoms with van der Waals surface area (Å²) < 4.78 is 16.2. The number of carboxylic acid groups (broad SMARTS) is 1. The van der Waals surface area contributed by atoms with Crippen molar-refractivity contribution in [2.45, 2.75) is 19.3 Å². The molecule has 0 aliphatic rings. The number of carbonyl (C=O) groups is 3. The Morgan fingerprint density at radius 3 is 2.27 bits per heavy atom. The van der Waals surface area contributed by atoms with Gasteiger partial charge in [-0.25, -0.2) is 0 Å². The summed E-state index contributed by atoms with van der Waals surface area (Å²) in [5.41, 5.74) is 0.602. The average molecular weight is 367 g/mol. The van der Waals surface area contributed by atoms with Crippen LogP contribution in [0.5, 0.6) is 5.75 Å². The molecular weight excluding hydrogens is 342 g/mol. The Morgan fingerprint density at radius 2 is 1.62 bits per heavy atom. The number of nitrogens with one attached hydrogen (secondary N) is 1. The highest BCUT2D eigenvalue weighted by molar-refractivity contribution is 5.80. The van der Waals surface area contributed by atoms with Gasteiger partial charge in [0.25, 0.3) is 0 Å². The van der Waals surface area contributed by atoms with E-state index in [0.29, 0.717) is 57.3 Å². The first-order valence-corrected chi connectivity index (χ1v) is 8.44. The van der Waals surface area contributed by atoms with Gasteiger partial charge in [0.2, 0.25) is 5.91 Å². The molecule has 0 heterocycles. The van der Waals surface area contributed by atoms with E-state index < -0.39 is 5.97 Å². The summed E-state index contributed by atoms with van der Waals surface area (Å²) in [6.07, 6.45) is 1.26. The standard InChI is InChI=1S/C18H25NO7/c20-14-15-2-4-16(5-3-15)26-13-12-25-11-10-24-9-1-8-19-17(21)6-7-18(22)23/h2-5,14H,1,6-13H2,(H,19,21)(H,22,23). The summed E-state index contributed by atoms with van der Waals surface area (Å²) in [4.78, 5) is 32.1. The van der Waals surface area contributed by atoms with E-state index in [-0.39, 0.29) is 18.7 Å². The lowest BCUT2D eigenvalue weighted by atomic mass is 10.2.